The van der Waals surface area contributed by atoms with E-state index in [9.17, 15) is 4.79 Å². The maximum Gasteiger partial charge on any atom is 0.210 e. The molecule has 8 heteroatoms. The molecular formula is C17H15N5O2S. The highest BCUT2D eigenvalue weighted by Crippen LogP contribution is 2.27. The molecule has 4 aromatic rings. The largest absolute Gasteiger partial charge is 0.467 e. The molecule has 3 heterocycles. The number of Topliss-reactive ketones (excluding diaryl/α,β-unsaturated/α-hetero) is 1. The quantitative estimate of drug-likeness (QED) is 0.423. The van der Waals surface area contributed by atoms with Crippen LogP contribution in [-0.4, -0.2) is 36.2 Å². The van der Waals surface area contributed by atoms with Crippen LogP contribution >= 0.6 is 11.8 Å². The van der Waals surface area contributed by atoms with E-state index in [2.05, 4.69) is 20.5 Å². The van der Waals surface area contributed by atoms with Gasteiger partial charge in [-0.3, -0.25) is 4.79 Å². The zero-order chi connectivity index (χ0) is 17.2. The van der Waals surface area contributed by atoms with Crippen LogP contribution in [0.15, 0.2) is 58.4 Å². The predicted molar refractivity (Wildman–Crippen MR) is 93.6 cm³/mol. The molecule has 0 aliphatic heterocycles. The van der Waals surface area contributed by atoms with Gasteiger partial charge in [0.25, 0.3) is 0 Å². The van der Waals surface area contributed by atoms with E-state index in [0.29, 0.717) is 17.3 Å². The van der Waals surface area contributed by atoms with Crippen LogP contribution in [0.5, 0.6) is 0 Å². The highest BCUT2D eigenvalue weighted by atomic mass is 32.2. The lowest BCUT2D eigenvalue weighted by molar-refractivity contribution is 0.0995. The molecule has 0 amide bonds. The first-order valence-corrected chi connectivity index (χ1v) is 8.66. The molecule has 0 radical (unpaired) electrons. The Bertz CT molecular complexity index is 1010. The van der Waals surface area contributed by atoms with E-state index in [1.165, 1.54) is 11.8 Å². The number of H-pyrrole nitrogens is 1. The van der Waals surface area contributed by atoms with Crippen LogP contribution in [0, 0.1) is 0 Å². The van der Waals surface area contributed by atoms with Gasteiger partial charge in [-0.1, -0.05) is 30.0 Å². The van der Waals surface area contributed by atoms with Crippen LogP contribution in [0.2, 0.25) is 0 Å². The van der Waals surface area contributed by atoms with Gasteiger partial charge in [-0.25, -0.2) is 4.68 Å². The number of ketones is 1. The van der Waals surface area contributed by atoms with E-state index in [4.69, 9.17) is 4.42 Å². The third-order valence-corrected chi connectivity index (χ3v) is 4.96. The van der Waals surface area contributed by atoms with Crippen molar-refractivity contribution in [3.8, 4) is 0 Å². The van der Waals surface area contributed by atoms with Crippen molar-refractivity contribution in [2.24, 2.45) is 0 Å². The van der Waals surface area contributed by atoms with Crippen LogP contribution in [0.25, 0.3) is 10.9 Å². The Morgan fingerprint density at radius 2 is 2.20 bits per heavy atom. The van der Waals surface area contributed by atoms with Gasteiger partial charge in [0.1, 0.15) is 12.3 Å². The van der Waals surface area contributed by atoms with Gasteiger partial charge in [-0.2, -0.15) is 0 Å². The average Bonchev–Trinajstić information content (AvgIpc) is 3.36. The summed E-state index contributed by atoms with van der Waals surface area (Å²) in [5, 5.41) is 12.9. The van der Waals surface area contributed by atoms with Gasteiger partial charge in [0, 0.05) is 22.7 Å². The molecule has 1 atom stereocenters. The number of nitrogens with zero attached hydrogens (tertiary/aromatic N) is 4. The number of hydrogen-bond acceptors (Lipinski definition) is 6. The Morgan fingerprint density at radius 3 is 3.04 bits per heavy atom. The van der Waals surface area contributed by atoms with E-state index >= 15 is 0 Å². The Kier molecular flexibility index (Phi) is 4.10. The summed E-state index contributed by atoms with van der Waals surface area (Å²) in [6, 6.07) is 11.4. The lowest BCUT2D eigenvalue weighted by Crippen LogP contribution is -2.15. The fourth-order valence-electron chi connectivity index (χ4n) is 2.64. The molecule has 0 spiro atoms. The van der Waals surface area contributed by atoms with Crippen molar-refractivity contribution < 1.29 is 9.21 Å². The van der Waals surface area contributed by atoms with Crippen molar-refractivity contribution in [1.29, 1.82) is 0 Å². The Hall–Kier alpha value is -2.87. The van der Waals surface area contributed by atoms with E-state index in [1.807, 2.05) is 43.3 Å². The summed E-state index contributed by atoms with van der Waals surface area (Å²) in [6.45, 7) is 2.29. The molecular weight excluding hydrogens is 338 g/mol. The highest BCUT2D eigenvalue weighted by Gasteiger charge is 2.22. The number of aromatic amines is 1. The fourth-order valence-corrected chi connectivity index (χ4v) is 3.49. The van der Waals surface area contributed by atoms with Crippen molar-refractivity contribution in [3.05, 3.63) is 60.2 Å². The molecule has 126 valence electrons. The first-order chi connectivity index (χ1) is 12.2. The van der Waals surface area contributed by atoms with Gasteiger partial charge in [-0.05, 0) is 35.5 Å². The fraction of sp³-hybridized carbons (Fsp3) is 0.176. The smallest absolute Gasteiger partial charge is 0.210 e. The second-order valence-corrected chi connectivity index (χ2v) is 6.88. The zero-order valence-corrected chi connectivity index (χ0v) is 14.2. The molecule has 25 heavy (non-hydrogen) atoms. The van der Waals surface area contributed by atoms with Crippen LogP contribution in [-0.2, 0) is 6.54 Å². The van der Waals surface area contributed by atoms with Crippen molar-refractivity contribution >= 4 is 28.4 Å². The number of fused-ring (bicyclic) bond motifs is 1. The monoisotopic (exact) mass is 353 g/mol. The Balaban J connectivity index is 1.53. The van der Waals surface area contributed by atoms with Crippen molar-refractivity contribution in [3.63, 3.8) is 0 Å². The molecule has 0 fully saturated rings. The SMILES string of the molecule is CC(Sc1nnnn1Cc1ccco1)C(=O)c1c[nH]c2ccccc12. The number of para-hydroxylation sites is 1. The summed E-state index contributed by atoms with van der Waals surface area (Å²) in [7, 11) is 0. The maximum atomic E-state index is 12.8. The zero-order valence-electron chi connectivity index (χ0n) is 13.4. The summed E-state index contributed by atoms with van der Waals surface area (Å²) in [5.74, 6) is 0.791. The van der Waals surface area contributed by atoms with E-state index in [0.717, 1.165) is 16.7 Å². The number of rotatable bonds is 6. The molecule has 3 aromatic heterocycles. The number of carbonyl (C=O) groups excluding carboxylic acids is 1. The molecule has 0 aliphatic carbocycles. The van der Waals surface area contributed by atoms with Gasteiger partial charge >= 0.3 is 0 Å². The second-order valence-electron chi connectivity index (χ2n) is 5.57. The van der Waals surface area contributed by atoms with Crippen LogP contribution in [0.3, 0.4) is 0 Å². The summed E-state index contributed by atoms with van der Waals surface area (Å²) >= 11 is 1.34. The lowest BCUT2D eigenvalue weighted by atomic mass is 10.1. The molecule has 0 aliphatic rings. The van der Waals surface area contributed by atoms with E-state index in [-0.39, 0.29) is 11.0 Å². The molecule has 1 N–H and O–H groups in total. The number of tetrazole rings is 1. The average molecular weight is 353 g/mol. The number of furan rings is 1. The summed E-state index contributed by atoms with van der Waals surface area (Å²) in [5.41, 5.74) is 1.63. The van der Waals surface area contributed by atoms with E-state index < -0.39 is 0 Å². The van der Waals surface area contributed by atoms with Gasteiger partial charge < -0.3 is 9.40 Å². The summed E-state index contributed by atoms with van der Waals surface area (Å²) in [6.07, 6.45) is 3.37. The highest BCUT2D eigenvalue weighted by molar-refractivity contribution is 8.00. The number of benzene rings is 1. The maximum absolute atomic E-state index is 12.8. The van der Waals surface area contributed by atoms with Crippen molar-refractivity contribution in [2.45, 2.75) is 23.9 Å². The van der Waals surface area contributed by atoms with Gasteiger partial charge in [-0.15, -0.1) is 5.10 Å². The number of thioether (sulfide) groups is 1. The minimum Gasteiger partial charge on any atom is -0.467 e. The first kappa shape index (κ1) is 15.6. The van der Waals surface area contributed by atoms with Crippen molar-refractivity contribution in [1.82, 2.24) is 25.2 Å². The third kappa shape index (κ3) is 3.08. The summed E-state index contributed by atoms with van der Waals surface area (Å²) < 4.78 is 6.95. The minimum absolute atomic E-state index is 0.0370. The molecule has 0 saturated heterocycles. The molecule has 0 saturated carbocycles. The lowest BCUT2D eigenvalue weighted by Gasteiger charge is -2.09. The Morgan fingerprint density at radius 1 is 1.32 bits per heavy atom. The van der Waals surface area contributed by atoms with Gasteiger partial charge in [0.15, 0.2) is 5.78 Å². The molecule has 4 rings (SSSR count). The Labute approximate surface area is 147 Å². The third-order valence-electron chi connectivity index (χ3n) is 3.89. The molecule has 1 unspecified atom stereocenters. The topological polar surface area (TPSA) is 89.6 Å². The minimum atomic E-state index is -0.319. The number of hydrogen-bond donors (Lipinski definition) is 1. The normalized spacial score (nSPS) is 12.5. The molecule has 1 aromatic carbocycles. The standard InChI is InChI=1S/C17H15N5O2S/c1-11(16(23)14-9-18-15-7-3-2-6-13(14)15)25-17-19-20-21-22(17)10-12-5-4-8-24-12/h2-9,11,18H,10H2,1H3. The van der Waals surface area contributed by atoms with Crippen LogP contribution in [0.4, 0.5) is 0 Å². The first-order valence-electron chi connectivity index (χ1n) is 7.78. The van der Waals surface area contributed by atoms with Gasteiger partial charge in [0.05, 0.1) is 11.5 Å². The summed E-state index contributed by atoms with van der Waals surface area (Å²) in [4.78, 5) is 16.0. The molecule has 0 bridgehead atoms. The predicted octanol–water partition coefficient (Wildman–Crippen LogP) is 3.16. The second kappa shape index (κ2) is 6.56. The molecule has 7 nitrogen and oxygen atoms in total. The number of carbonyl (C=O) groups is 1. The van der Waals surface area contributed by atoms with Gasteiger partial charge in [0.2, 0.25) is 5.16 Å². The van der Waals surface area contributed by atoms with Crippen LogP contribution in [0.1, 0.15) is 23.0 Å². The van der Waals surface area contributed by atoms with Crippen molar-refractivity contribution in [2.75, 3.05) is 0 Å². The number of nitrogens with one attached hydrogen (secondary N) is 1. The number of aromatic nitrogens is 5. The van der Waals surface area contributed by atoms with E-state index in [1.54, 1.807) is 17.1 Å². The van der Waals surface area contributed by atoms with Crippen LogP contribution < -0.4 is 0 Å².